The Balaban J connectivity index is 1.71. The first kappa shape index (κ1) is 19.1. The van der Waals surface area contributed by atoms with Gasteiger partial charge in [0.25, 0.3) is 5.69 Å². The van der Waals surface area contributed by atoms with Crippen molar-refractivity contribution >= 4 is 33.2 Å². The fourth-order valence-corrected chi connectivity index (χ4v) is 4.31. The van der Waals surface area contributed by atoms with E-state index in [0.717, 1.165) is 44.4 Å². The standard InChI is InChI=1S/C18H24BrN3O4/c1-12-8-14(19)9-16(22(24)25)17(12)20-15-5-2-6-21(10-15)18(23)13-4-3-7-26-11-13/h8-9,13,15,20H,2-7,10-11H2,1H3. The summed E-state index contributed by atoms with van der Waals surface area (Å²) in [6.07, 6.45) is 3.58. The van der Waals surface area contributed by atoms with Crippen LogP contribution in [0.1, 0.15) is 31.2 Å². The number of nitrogens with one attached hydrogen (secondary N) is 1. The number of hydrogen-bond acceptors (Lipinski definition) is 5. The first-order valence-electron chi connectivity index (χ1n) is 9.03. The first-order valence-corrected chi connectivity index (χ1v) is 9.82. The van der Waals surface area contributed by atoms with Crippen LogP contribution >= 0.6 is 15.9 Å². The molecule has 26 heavy (non-hydrogen) atoms. The largest absolute Gasteiger partial charge is 0.381 e. The highest BCUT2D eigenvalue weighted by atomic mass is 79.9. The lowest BCUT2D eigenvalue weighted by atomic mass is 9.97. The van der Waals surface area contributed by atoms with Crippen LogP contribution in [-0.4, -0.2) is 48.1 Å². The van der Waals surface area contributed by atoms with E-state index in [1.165, 1.54) is 6.07 Å². The minimum atomic E-state index is -0.370. The molecule has 1 aromatic rings. The molecule has 1 aromatic carbocycles. The summed E-state index contributed by atoms with van der Waals surface area (Å²) in [5.74, 6) is 0.101. The zero-order valence-electron chi connectivity index (χ0n) is 14.9. The topological polar surface area (TPSA) is 84.7 Å². The molecule has 3 rings (SSSR count). The van der Waals surface area contributed by atoms with Gasteiger partial charge in [-0.1, -0.05) is 15.9 Å². The molecule has 2 aliphatic heterocycles. The van der Waals surface area contributed by atoms with Crippen LogP contribution in [0.25, 0.3) is 0 Å². The Hall–Kier alpha value is -1.67. The fourth-order valence-electron chi connectivity index (χ4n) is 3.75. The number of likely N-dealkylation sites (tertiary alicyclic amines) is 1. The minimum Gasteiger partial charge on any atom is -0.381 e. The second kappa shape index (κ2) is 8.35. The maximum atomic E-state index is 12.7. The van der Waals surface area contributed by atoms with E-state index in [9.17, 15) is 14.9 Å². The van der Waals surface area contributed by atoms with E-state index < -0.39 is 0 Å². The Labute approximate surface area is 161 Å². The maximum Gasteiger partial charge on any atom is 0.293 e. The van der Waals surface area contributed by atoms with E-state index in [0.29, 0.717) is 23.3 Å². The molecule has 2 fully saturated rings. The number of nitro groups is 1. The molecule has 142 valence electrons. The molecular weight excluding hydrogens is 402 g/mol. The second-order valence-corrected chi connectivity index (χ2v) is 7.97. The summed E-state index contributed by atoms with van der Waals surface area (Å²) in [6, 6.07) is 3.39. The lowest BCUT2D eigenvalue weighted by Gasteiger charge is -2.36. The van der Waals surface area contributed by atoms with Gasteiger partial charge < -0.3 is 15.0 Å². The van der Waals surface area contributed by atoms with Crippen LogP contribution in [-0.2, 0) is 9.53 Å². The molecule has 8 heteroatoms. The van der Waals surface area contributed by atoms with Crippen molar-refractivity contribution in [2.75, 3.05) is 31.6 Å². The van der Waals surface area contributed by atoms with Gasteiger partial charge in [-0.05, 0) is 44.2 Å². The Morgan fingerprint density at radius 2 is 2.19 bits per heavy atom. The number of nitro benzene ring substituents is 1. The molecule has 0 spiro atoms. The molecule has 0 saturated carbocycles. The molecule has 2 saturated heterocycles. The summed E-state index contributed by atoms with van der Waals surface area (Å²) in [4.78, 5) is 25.7. The summed E-state index contributed by atoms with van der Waals surface area (Å²) in [5, 5.41) is 14.7. The van der Waals surface area contributed by atoms with Gasteiger partial charge in [0.1, 0.15) is 5.69 Å². The highest BCUT2D eigenvalue weighted by molar-refractivity contribution is 9.10. The summed E-state index contributed by atoms with van der Waals surface area (Å²) in [7, 11) is 0. The Morgan fingerprint density at radius 3 is 2.88 bits per heavy atom. The number of benzene rings is 1. The molecule has 1 N–H and O–H groups in total. The third-order valence-corrected chi connectivity index (χ3v) is 5.53. The summed E-state index contributed by atoms with van der Waals surface area (Å²) < 4.78 is 6.13. The Kier molecular flexibility index (Phi) is 6.13. The van der Waals surface area contributed by atoms with Crippen LogP contribution < -0.4 is 5.32 Å². The van der Waals surface area contributed by atoms with Gasteiger partial charge in [-0.2, -0.15) is 0 Å². The van der Waals surface area contributed by atoms with Gasteiger partial charge in [-0.3, -0.25) is 14.9 Å². The average Bonchev–Trinajstić information content (AvgIpc) is 2.64. The van der Waals surface area contributed by atoms with Crippen LogP contribution in [0.3, 0.4) is 0 Å². The lowest BCUT2D eigenvalue weighted by molar-refractivity contribution is -0.384. The number of amides is 1. The van der Waals surface area contributed by atoms with Crippen molar-refractivity contribution in [2.24, 2.45) is 5.92 Å². The highest BCUT2D eigenvalue weighted by Gasteiger charge is 2.31. The van der Waals surface area contributed by atoms with Gasteiger partial charge in [0.05, 0.1) is 17.4 Å². The summed E-state index contributed by atoms with van der Waals surface area (Å²) in [5.41, 5.74) is 1.41. The lowest BCUT2D eigenvalue weighted by Crippen LogP contribution is -2.48. The molecule has 0 bridgehead atoms. The highest BCUT2D eigenvalue weighted by Crippen LogP contribution is 2.33. The van der Waals surface area contributed by atoms with E-state index in [-0.39, 0.29) is 28.5 Å². The van der Waals surface area contributed by atoms with E-state index in [4.69, 9.17) is 4.74 Å². The third-order valence-electron chi connectivity index (χ3n) is 5.07. The molecule has 0 aromatic heterocycles. The molecule has 2 unspecified atom stereocenters. The fraction of sp³-hybridized carbons (Fsp3) is 0.611. The van der Waals surface area contributed by atoms with Crippen LogP contribution in [0.15, 0.2) is 16.6 Å². The molecular formula is C18H24BrN3O4. The quantitative estimate of drug-likeness (QED) is 0.589. The predicted molar refractivity (Wildman–Crippen MR) is 102 cm³/mol. The number of rotatable bonds is 4. The van der Waals surface area contributed by atoms with Crippen molar-refractivity contribution in [1.82, 2.24) is 4.90 Å². The van der Waals surface area contributed by atoms with Crippen LogP contribution in [0, 0.1) is 23.0 Å². The van der Waals surface area contributed by atoms with Gasteiger partial charge >= 0.3 is 0 Å². The van der Waals surface area contributed by atoms with E-state index >= 15 is 0 Å². The second-order valence-electron chi connectivity index (χ2n) is 7.06. The number of aryl methyl sites for hydroxylation is 1. The SMILES string of the molecule is Cc1cc(Br)cc([N+](=O)[O-])c1NC1CCCN(C(=O)C2CCCOC2)C1. The number of carbonyl (C=O) groups excluding carboxylic acids is 1. The Bertz CT molecular complexity index is 691. The zero-order chi connectivity index (χ0) is 18.7. The van der Waals surface area contributed by atoms with Gasteiger partial charge in [0.2, 0.25) is 5.91 Å². The molecule has 1 amide bonds. The van der Waals surface area contributed by atoms with Gasteiger partial charge in [-0.25, -0.2) is 0 Å². The third kappa shape index (κ3) is 4.35. The zero-order valence-corrected chi connectivity index (χ0v) is 16.5. The number of anilines is 1. The van der Waals surface area contributed by atoms with E-state index in [1.54, 1.807) is 0 Å². The molecule has 0 radical (unpaired) electrons. The molecule has 2 atom stereocenters. The monoisotopic (exact) mass is 425 g/mol. The smallest absolute Gasteiger partial charge is 0.293 e. The maximum absolute atomic E-state index is 12.7. The van der Waals surface area contributed by atoms with E-state index in [2.05, 4.69) is 21.2 Å². The number of hydrogen-bond donors (Lipinski definition) is 1. The van der Waals surface area contributed by atoms with E-state index in [1.807, 2.05) is 17.9 Å². The Morgan fingerprint density at radius 1 is 1.38 bits per heavy atom. The van der Waals surface area contributed by atoms with Crippen molar-refractivity contribution in [1.29, 1.82) is 0 Å². The molecule has 0 aliphatic carbocycles. The number of ether oxygens (including phenoxy) is 1. The summed E-state index contributed by atoms with van der Waals surface area (Å²) >= 11 is 3.32. The van der Waals surface area contributed by atoms with Gasteiger partial charge in [-0.15, -0.1) is 0 Å². The van der Waals surface area contributed by atoms with Crippen molar-refractivity contribution in [3.05, 3.63) is 32.3 Å². The average molecular weight is 426 g/mol. The van der Waals surface area contributed by atoms with Crippen LogP contribution in [0.4, 0.5) is 11.4 Å². The van der Waals surface area contributed by atoms with Crippen molar-refractivity contribution in [3.8, 4) is 0 Å². The predicted octanol–water partition coefficient (Wildman–Crippen LogP) is 3.50. The number of piperidine rings is 1. The number of carbonyl (C=O) groups is 1. The molecule has 2 heterocycles. The van der Waals surface area contributed by atoms with Gasteiger partial charge in [0.15, 0.2) is 0 Å². The van der Waals surface area contributed by atoms with Crippen LogP contribution in [0.2, 0.25) is 0 Å². The summed E-state index contributed by atoms with van der Waals surface area (Å²) in [6.45, 7) is 4.41. The first-order chi connectivity index (χ1) is 12.5. The van der Waals surface area contributed by atoms with Crippen LogP contribution in [0.5, 0.6) is 0 Å². The van der Waals surface area contributed by atoms with Crippen molar-refractivity contribution < 1.29 is 14.5 Å². The minimum absolute atomic E-state index is 0.00999. The number of halogens is 1. The normalized spacial score (nSPS) is 23.5. The van der Waals surface area contributed by atoms with Crippen molar-refractivity contribution in [2.45, 2.75) is 38.6 Å². The van der Waals surface area contributed by atoms with Crippen molar-refractivity contribution in [3.63, 3.8) is 0 Å². The number of nitrogens with zero attached hydrogens (tertiary/aromatic N) is 2. The molecule has 2 aliphatic rings. The molecule has 7 nitrogen and oxygen atoms in total. The van der Waals surface area contributed by atoms with Gasteiger partial charge in [0, 0.05) is 36.3 Å².